The third-order valence-electron chi connectivity index (χ3n) is 6.13. The molecule has 10 heteroatoms. The Morgan fingerprint density at radius 2 is 1.82 bits per heavy atom. The Balaban J connectivity index is 1.37. The molecule has 38 heavy (non-hydrogen) atoms. The molecule has 4 rings (SSSR count). The molecule has 0 unspecified atom stereocenters. The zero-order valence-corrected chi connectivity index (χ0v) is 22.9. The van der Waals surface area contributed by atoms with Crippen molar-refractivity contribution < 1.29 is 19.1 Å². The van der Waals surface area contributed by atoms with Crippen LogP contribution in [0.4, 0.5) is 5.13 Å². The summed E-state index contributed by atoms with van der Waals surface area (Å²) in [5.41, 5.74) is 2.87. The fourth-order valence-corrected chi connectivity index (χ4v) is 4.91. The van der Waals surface area contributed by atoms with E-state index in [-0.39, 0.29) is 17.5 Å². The Labute approximate surface area is 226 Å². The summed E-state index contributed by atoms with van der Waals surface area (Å²) in [5, 5.41) is 8.79. The van der Waals surface area contributed by atoms with Gasteiger partial charge in [-0.3, -0.25) is 14.9 Å². The first kappa shape index (κ1) is 27.2. The van der Waals surface area contributed by atoms with E-state index in [1.165, 1.54) is 11.3 Å². The van der Waals surface area contributed by atoms with Gasteiger partial charge in [-0.15, -0.1) is 11.3 Å². The maximum Gasteiger partial charge on any atom is 0.274 e. The second-order valence-corrected chi connectivity index (χ2v) is 9.94. The number of anilines is 1. The standard InChI is InChI=1S/C28H33N5O4S/c1-32(2)14-7-15-33-22-9-6-5-8-20(22)17-23(33)27(35)31-28-30-21(18-38-28)26(34)29-13-12-19-10-11-24(36-3)25(16-19)37-4/h5-6,8-11,16-18H,7,12-15H2,1-4H3,(H,29,34)(H,30,31,35). The quantitative estimate of drug-likeness (QED) is 0.281. The van der Waals surface area contributed by atoms with Crippen molar-refractivity contribution in [3.05, 3.63) is 70.9 Å². The molecule has 4 aromatic rings. The molecule has 0 bridgehead atoms. The van der Waals surface area contributed by atoms with Crippen molar-refractivity contribution in [3.8, 4) is 11.5 Å². The maximum absolute atomic E-state index is 13.2. The van der Waals surface area contributed by atoms with Gasteiger partial charge in [0.15, 0.2) is 16.6 Å². The van der Waals surface area contributed by atoms with Gasteiger partial charge in [-0.1, -0.05) is 24.3 Å². The smallest absolute Gasteiger partial charge is 0.274 e. The van der Waals surface area contributed by atoms with E-state index < -0.39 is 0 Å². The van der Waals surface area contributed by atoms with Crippen molar-refractivity contribution in [1.82, 2.24) is 19.8 Å². The van der Waals surface area contributed by atoms with Crippen LogP contribution in [0.3, 0.4) is 0 Å². The van der Waals surface area contributed by atoms with Crippen LogP contribution in [0.5, 0.6) is 11.5 Å². The van der Waals surface area contributed by atoms with E-state index in [2.05, 4.69) is 20.5 Å². The van der Waals surface area contributed by atoms with E-state index in [1.807, 2.05) is 67.2 Å². The summed E-state index contributed by atoms with van der Waals surface area (Å²) in [5.74, 6) is 0.764. The number of hydrogen-bond donors (Lipinski definition) is 2. The van der Waals surface area contributed by atoms with Crippen LogP contribution in [0.1, 0.15) is 33.0 Å². The highest BCUT2D eigenvalue weighted by molar-refractivity contribution is 7.14. The number of fused-ring (bicyclic) bond motifs is 1. The number of aromatic nitrogens is 2. The normalized spacial score (nSPS) is 11.1. The number of amides is 2. The third-order valence-corrected chi connectivity index (χ3v) is 6.89. The lowest BCUT2D eigenvalue weighted by molar-refractivity contribution is 0.0948. The number of aryl methyl sites for hydroxylation is 1. The number of thiazole rings is 1. The Bertz CT molecular complexity index is 1410. The highest BCUT2D eigenvalue weighted by atomic mass is 32.1. The van der Waals surface area contributed by atoms with Crippen LogP contribution in [-0.2, 0) is 13.0 Å². The van der Waals surface area contributed by atoms with Gasteiger partial charge >= 0.3 is 0 Å². The minimum Gasteiger partial charge on any atom is -0.493 e. The molecule has 0 radical (unpaired) electrons. The summed E-state index contributed by atoms with van der Waals surface area (Å²) in [7, 11) is 7.25. The number of ether oxygens (including phenoxy) is 2. The van der Waals surface area contributed by atoms with Crippen LogP contribution in [-0.4, -0.2) is 67.7 Å². The first-order valence-electron chi connectivity index (χ1n) is 12.4. The van der Waals surface area contributed by atoms with Crippen LogP contribution in [0.2, 0.25) is 0 Å². The van der Waals surface area contributed by atoms with E-state index in [0.717, 1.165) is 36.0 Å². The minimum atomic E-state index is -0.292. The van der Waals surface area contributed by atoms with Crippen LogP contribution in [0.25, 0.3) is 10.9 Å². The third kappa shape index (κ3) is 6.51. The predicted octanol–water partition coefficient (Wildman–Crippen LogP) is 4.29. The lowest BCUT2D eigenvalue weighted by Crippen LogP contribution is -2.26. The second kappa shape index (κ2) is 12.6. The molecular formula is C28H33N5O4S. The zero-order chi connectivity index (χ0) is 27.1. The van der Waals surface area contributed by atoms with Gasteiger partial charge < -0.3 is 24.3 Å². The SMILES string of the molecule is COc1ccc(CCNC(=O)c2csc(NC(=O)c3cc4ccccc4n3CCCN(C)C)n2)cc1OC. The van der Waals surface area contributed by atoms with Crippen molar-refractivity contribution in [2.45, 2.75) is 19.4 Å². The molecule has 0 aliphatic heterocycles. The molecular weight excluding hydrogens is 502 g/mol. The Kier molecular flexibility index (Phi) is 8.98. The highest BCUT2D eigenvalue weighted by Crippen LogP contribution is 2.27. The number of carbonyl (C=O) groups is 2. The van der Waals surface area contributed by atoms with Crippen LogP contribution in [0, 0.1) is 0 Å². The molecule has 9 nitrogen and oxygen atoms in total. The second-order valence-electron chi connectivity index (χ2n) is 9.08. The average Bonchev–Trinajstić information content (AvgIpc) is 3.53. The average molecular weight is 536 g/mol. The molecule has 2 N–H and O–H groups in total. The molecule has 0 fully saturated rings. The van der Waals surface area contributed by atoms with Crippen molar-refractivity contribution in [2.75, 3.05) is 46.7 Å². The molecule has 0 spiro atoms. The lowest BCUT2D eigenvalue weighted by Gasteiger charge is -2.13. The van der Waals surface area contributed by atoms with Gasteiger partial charge in [0.1, 0.15) is 11.4 Å². The number of nitrogens with one attached hydrogen (secondary N) is 2. The Morgan fingerprint density at radius 3 is 2.58 bits per heavy atom. The number of benzene rings is 2. The number of rotatable bonds is 12. The molecule has 0 aliphatic carbocycles. The fourth-order valence-electron chi connectivity index (χ4n) is 4.23. The molecule has 0 atom stereocenters. The minimum absolute atomic E-state index is 0.249. The molecule has 200 valence electrons. The molecule has 2 heterocycles. The fraction of sp³-hybridized carbons (Fsp3) is 0.321. The van der Waals surface area contributed by atoms with Gasteiger partial charge in [0.25, 0.3) is 11.8 Å². The van der Waals surface area contributed by atoms with E-state index in [9.17, 15) is 9.59 Å². The first-order chi connectivity index (χ1) is 18.4. The van der Waals surface area contributed by atoms with E-state index in [1.54, 1.807) is 19.6 Å². The summed E-state index contributed by atoms with van der Waals surface area (Å²) in [6.07, 6.45) is 1.54. The molecule has 0 saturated carbocycles. The predicted molar refractivity (Wildman–Crippen MR) is 151 cm³/mol. The maximum atomic E-state index is 13.2. The van der Waals surface area contributed by atoms with Gasteiger partial charge in [0.2, 0.25) is 0 Å². The van der Waals surface area contributed by atoms with Gasteiger partial charge in [-0.25, -0.2) is 4.98 Å². The molecule has 2 aromatic carbocycles. The Hall–Kier alpha value is -3.89. The molecule has 0 aliphatic rings. The zero-order valence-electron chi connectivity index (χ0n) is 22.1. The van der Waals surface area contributed by atoms with Gasteiger partial charge in [-0.2, -0.15) is 0 Å². The summed E-state index contributed by atoms with van der Waals surface area (Å²) in [6.45, 7) is 2.07. The first-order valence-corrected chi connectivity index (χ1v) is 13.3. The van der Waals surface area contributed by atoms with Crippen molar-refractivity contribution >= 4 is 39.2 Å². The molecule has 0 saturated heterocycles. The number of carbonyl (C=O) groups excluding carboxylic acids is 2. The summed E-state index contributed by atoms with van der Waals surface area (Å²) in [6, 6.07) is 15.5. The van der Waals surface area contributed by atoms with E-state index in [4.69, 9.17) is 9.47 Å². The van der Waals surface area contributed by atoms with Crippen molar-refractivity contribution in [1.29, 1.82) is 0 Å². The van der Waals surface area contributed by atoms with Gasteiger partial charge in [0.05, 0.1) is 14.2 Å². The molecule has 2 amide bonds. The van der Waals surface area contributed by atoms with E-state index in [0.29, 0.717) is 35.3 Å². The largest absolute Gasteiger partial charge is 0.493 e. The summed E-state index contributed by atoms with van der Waals surface area (Å²) in [4.78, 5) is 32.3. The summed E-state index contributed by atoms with van der Waals surface area (Å²) >= 11 is 1.22. The van der Waals surface area contributed by atoms with Crippen molar-refractivity contribution in [2.24, 2.45) is 0 Å². The number of nitrogens with zero attached hydrogens (tertiary/aromatic N) is 3. The van der Waals surface area contributed by atoms with Crippen molar-refractivity contribution in [3.63, 3.8) is 0 Å². The number of hydrogen-bond acceptors (Lipinski definition) is 7. The molecule has 2 aromatic heterocycles. The van der Waals surface area contributed by atoms with Gasteiger partial charge in [0, 0.05) is 29.4 Å². The lowest BCUT2D eigenvalue weighted by atomic mass is 10.1. The Morgan fingerprint density at radius 1 is 1.03 bits per heavy atom. The van der Waals surface area contributed by atoms with Gasteiger partial charge in [-0.05, 0) is 63.3 Å². The van der Waals surface area contributed by atoms with E-state index >= 15 is 0 Å². The highest BCUT2D eigenvalue weighted by Gasteiger charge is 2.18. The van der Waals surface area contributed by atoms with Crippen LogP contribution < -0.4 is 20.1 Å². The summed E-state index contributed by atoms with van der Waals surface area (Å²) < 4.78 is 12.6. The van der Waals surface area contributed by atoms with Crippen LogP contribution in [0.15, 0.2) is 53.9 Å². The topological polar surface area (TPSA) is 97.7 Å². The number of methoxy groups -OCH3 is 2. The number of para-hydroxylation sites is 1. The monoisotopic (exact) mass is 535 g/mol. The van der Waals surface area contributed by atoms with Crippen LogP contribution >= 0.6 is 11.3 Å².